The van der Waals surface area contributed by atoms with Crippen molar-refractivity contribution in [3.05, 3.63) is 57.3 Å². The van der Waals surface area contributed by atoms with Gasteiger partial charge in [0.15, 0.2) is 0 Å². The van der Waals surface area contributed by atoms with Gasteiger partial charge in [0.05, 0.1) is 27.0 Å². The van der Waals surface area contributed by atoms with Gasteiger partial charge in [0.1, 0.15) is 0 Å². The van der Waals surface area contributed by atoms with E-state index in [4.69, 9.17) is 23.2 Å². The number of benzene rings is 1. The van der Waals surface area contributed by atoms with Crippen molar-refractivity contribution in [2.24, 2.45) is 4.99 Å². The van der Waals surface area contributed by atoms with E-state index in [0.29, 0.717) is 34.7 Å². The lowest BCUT2D eigenvalue weighted by Crippen LogP contribution is -2.11. The number of aryl methyl sites for hydroxylation is 1. The molecule has 0 unspecified atom stereocenters. The molecule has 0 amide bonds. The molecule has 1 aromatic heterocycles. The van der Waals surface area contributed by atoms with Crippen LogP contribution in [0.3, 0.4) is 0 Å². The topological polar surface area (TPSA) is 25.2 Å². The van der Waals surface area contributed by atoms with Crippen LogP contribution in [0.15, 0.2) is 35.6 Å². The van der Waals surface area contributed by atoms with E-state index in [0.717, 1.165) is 6.07 Å². The average molecular weight is 345 g/mol. The Morgan fingerprint density at radius 2 is 1.82 bits per heavy atom. The summed E-state index contributed by atoms with van der Waals surface area (Å²) in [4.78, 5) is 8.23. The van der Waals surface area contributed by atoms with Crippen molar-refractivity contribution in [1.82, 2.24) is 4.98 Å². The van der Waals surface area contributed by atoms with E-state index in [-0.39, 0.29) is 10.7 Å². The minimum atomic E-state index is -4.51. The molecule has 7 heteroatoms. The summed E-state index contributed by atoms with van der Waals surface area (Å²) in [6, 6.07) is 4.03. The molecule has 1 aliphatic heterocycles. The van der Waals surface area contributed by atoms with Crippen LogP contribution in [0.5, 0.6) is 0 Å². The highest BCUT2D eigenvalue weighted by Gasteiger charge is 2.34. The fourth-order valence-electron chi connectivity index (χ4n) is 2.38. The second kappa shape index (κ2) is 5.56. The van der Waals surface area contributed by atoms with Crippen LogP contribution in [0, 0.1) is 0 Å². The minimum Gasteiger partial charge on any atom is -0.263 e. The highest BCUT2D eigenvalue weighted by atomic mass is 35.5. The van der Waals surface area contributed by atoms with Crippen molar-refractivity contribution in [1.29, 1.82) is 0 Å². The van der Waals surface area contributed by atoms with E-state index in [1.165, 1.54) is 12.3 Å². The molecule has 0 aliphatic carbocycles. The smallest absolute Gasteiger partial charge is 0.263 e. The number of aliphatic imine (C=N–C) groups is 1. The van der Waals surface area contributed by atoms with E-state index in [1.54, 1.807) is 12.3 Å². The largest absolute Gasteiger partial charge is 0.417 e. The number of hydrogen-bond acceptors (Lipinski definition) is 2. The molecule has 0 bridgehead atoms. The van der Waals surface area contributed by atoms with Crippen LogP contribution in [0.25, 0.3) is 0 Å². The lowest BCUT2D eigenvalue weighted by molar-refractivity contribution is -0.137. The first-order valence-electron chi connectivity index (χ1n) is 6.43. The van der Waals surface area contributed by atoms with Crippen LogP contribution in [0.2, 0.25) is 10.0 Å². The first kappa shape index (κ1) is 15.3. The van der Waals surface area contributed by atoms with Gasteiger partial charge < -0.3 is 0 Å². The molecule has 3 rings (SSSR count). The lowest BCUT2D eigenvalue weighted by Gasteiger charge is -2.19. The molecule has 0 spiro atoms. The van der Waals surface area contributed by atoms with Gasteiger partial charge >= 0.3 is 6.18 Å². The summed E-state index contributed by atoms with van der Waals surface area (Å²) >= 11 is 11.8. The summed E-state index contributed by atoms with van der Waals surface area (Å²) in [7, 11) is 0. The van der Waals surface area contributed by atoms with Gasteiger partial charge in [-0.25, -0.2) is 0 Å². The fourth-order valence-corrected chi connectivity index (χ4v) is 2.90. The van der Waals surface area contributed by atoms with Gasteiger partial charge in [0.2, 0.25) is 0 Å². The predicted octanol–water partition coefficient (Wildman–Crippen LogP) is 5.47. The standard InChI is InChI=1S/C15H9Cl2F3N2/c16-11-5-8-1-2-13(9-3-4-21-7-12(9)17)22-14(8)6-10(11)15(18,19)20/h3-7H,1-2H2. The van der Waals surface area contributed by atoms with E-state index in [9.17, 15) is 13.2 Å². The van der Waals surface area contributed by atoms with E-state index in [2.05, 4.69) is 9.98 Å². The highest BCUT2D eigenvalue weighted by molar-refractivity contribution is 6.34. The maximum Gasteiger partial charge on any atom is 0.417 e. The molecule has 114 valence electrons. The van der Waals surface area contributed by atoms with E-state index in [1.807, 2.05) is 0 Å². The molecular formula is C15H9Cl2F3N2. The number of aromatic nitrogens is 1. The number of pyridine rings is 1. The van der Waals surface area contributed by atoms with Crippen molar-refractivity contribution in [3.8, 4) is 0 Å². The Morgan fingerprint density at radius 1 is 1.05 bits per heavy atom. The van der Waals surface area contributed by atoms with Gasteiger partial charge in [-0.3, -0.25) is 9.98 Å². The summed E-state index contributed by atoms with van der Waals surface area (Å²) in [6.07, 6.45) is -0.309. The van der Waals surface area contributed by atoms with Crippen molar-refractivity contribution in [2.75, 3.05) is 0 Å². The molecule has 2 nitrogen and oxygen atoms in total. The number of fused-ring (bicyclic) bond motifs is 1. The highest BCUT2D eigenvalue weighted by Crippen LogP contribution is 2.40. The Balaban J connectivity index is 2.11. The van der Waals surface area contributed by atoms with Crippen LogP contribution in [-0.4, -0.2) is 10.7 Å². The maximum absolute atomic E-state index is 12.9. The van der Waals surface area contributed by atoms with Crippen LogP contribution >= 0.6 is 23.2 Å². The third-order valence-corrected chi connectivity index (χ3v) is 4.06. The lowest BCUT2D eigenvalue weighted by atomic mass is 9.96. The third-order valence-electron chi connectivity index (χ3n) is 3.44. The fraction of sp³-hybridized carbons (Fsp3) is 0.200. The number of hydrogen-bond donors (Lipinski definition) is 0. The van der Waals surface area contributed by atoms with E-state index >= 15 is 0 Å². The van der Waals surface area contributed by atoms with Crippen molar-refractivity contribution in [3.63, 3.8) is 0 Å². The van der Waals surface area contributed by atoms with E-state index < -0.39 is 11.7 Å². The van der Waals surface area contributed by atoms with Crippen molar-refractivity contribution >= 4 is 34.6 Å². The van der Waals surface area contributed by atoms with Gasteiger partial charge in [-0.15, -0.1) is 0 Å². The molecule has 1 aromatic carbocycles. The summed E-state index contributed by atoms with van der Waals surface area (Å²) in [5.74, 6) is 0. The van der Waals surface area contributed by atoms with Gasteiger partial charge in [-0.05, 0) is 36.6 Å². The zero-order chi connectivity index (χ0) is 15.9. The molecule has 1 aliphatic rings. The Hall–Kier alpha value is -1.59. The van der Waals surface area contributed by atoms with Gasteiger partial charge in [-0.1, -0.05) is 23.2 Å². The number of nitrogens with zero attached hydrogens (tertiary/aromatic N) is 2. The molecule has 0 atom stereocenters. The monoisotopic (exact) mass is 344 g/mol. The Kier molecular flexibility index (Phi) is 3.87. The SMILES string of the molecule is FC(F)(F)c1cc2c(cc1Cl)CCC(c1ccncc1Cl)=N2. The second-order valence-corrected chi connectivity index (χ2v) is 5.69. The number of rotatable bonds is 1. The summed E-state index contributed by atoms with van der Waals surface area (Å²) in [5.41, 5.74) is 1.44. The first-order valence-corrected chi connectivity index (χ1v) is 7.19. The quantitative estimate of drug-likeness (QED) is 0.672. The molecular weight excluding hydrogens is 336 g/mol. The Morgan fingerprint density at radius 3 is 2.50 bits per heavy atom. The third kappa shape index (κ3) is 2.83. The van der Waals surface area contributed by atoms with Gasteiger partial charge in [-0.2, -0.15) is 13.2 Å². The van der Waals surface area contributed by atoms with Crippen LogP contribution in [0.4, 0.5) is 18.9 Å². The average Bonchev–Trinajstić information content (AvgIpc) is 2.45. The summed E-state index contributed by atoms with van der Waals surface area (Å²) in [5, 5.41) is 0.126. The molecule has 0 N–H and O–H groups in total. The maximum atomic E-state index is 12.9. The predicted molar refractivity (Wildman–Crippen MR) is 80.2 cm³/mol. The Labute approximate surface area is 134 Å². The molecule has 0 saturated heterocycles. The Bertz CT molecular complexity index is 770. The number of alkyl halides is 3. The number of halogens is 5. The molecule has 22 heavy (non-hydrogen) atoms. The minimum absolute atomic E-state index is 0.283. The zero-order valence-corrected chi connectivity index (χ0v) is 12.6. The second-order valence-electron chi connectivity index (χ2n) is 4.87. The van der Waals surface area contributed by atoms with Crippen LogP contribution in [0.1, 0.15) is 23.1 Å². The molecule has 2 aromatic rings. The van der Waals surface area contributed by atoms with Crippen molar-refractivity contribution < 1.29 is 13.2 Å². The summed E-state index contributed by atoms with van der Waals surface area (Å²) < 4.78 is 38.8. The first-order chi connectivity index (χ1) is 10.4. The molecule has 2 heterocycles. The molecule has 0 saturated carbocycles. The van der Waals surface area contributed by atoms with Crippen molar-refractivity contribution in [2.45, 2.75) is 19.0 Å². The van der Waals surface area contributed by atoms with Gasteiger partial charge in [0, 0.05) is 18.0 Å². The molecule has 0 radical (unpaired) electrons. The molecule has 0 fully saturated rings. The van der Waals surface area contributed by atoms with Crippen LogP contribution < -0.4 is 0 Å². The van der Waals surface area contributed by atoms with Crippen LogP contribution in [-0.2, 0) is 12.6 Å². The normalized spacial score (nSPS) is 14.5. The summed E-state index contributed by atoms with van der Waals surface area (Å²) in [6.45, 7) is 0. The van der Waals surface area contributed by atoms with Gasteiger partial charge in [0.25, 0.3) is 0 Å². The zero-order valence-electron chi connectivity index (χ0n) is 11.1.